The highest BCUT2D eigenvalue weighted by Gasteiger charge is 2.53. The molecule has 42 heavy (non-hydrogen) atoms. The van der Waals surface area contributed by atoms with E-state index in [1.165, 1.54) is 0 Å². The molecule has 4 nitrogen and oxygen atoms in total. The highest BCUT2D eigenvalue weighted by atomic mass is 32.2. The molecule has 0 aliphatic carbocycles. The first kappa shape index (κ1) is 23.6. The number of ether oxygens (including phenoxy) is 1. The third-order valence-corrected chi connectivity index (χ3v) is 10.8. The number of fused-ring (bicyclic) bond motifs is 12. The van der Waals surface area contributed by atoms with Crippen LogP contribution >= 0.6 is 0 Å². The Kier molecular flexibility index (Phi) is 4.61. The molecule has 5 heteroatoms. The van der Waals surface area contributed by atoms with E-state index in [4.69, 9.17) is 4.74 Å². The highest BCUT2D eigenvalue weighted by molar-refractivity contribution is 7.92. The predicted octanol–water partition coefficient (Wildman–Crippen LogP) is 8.42. The average Bonchev–Trinajstić information content (AvgIpc) is 3.38. The summed E-state index contributed by atoms with van der Waals surface area (Å²) in [6, 6.07) is 45.8. The van der Waals surface area contributed by atoms with E-state index in [2.05, 4.69) is 41.0 Å². The lowest BCUT2D eigenvalue weighted by Crippen LogP contribution is -2.39. The molecule has 7 aromatic rings. The predicted molar refractivity (Wildman–Crippen MR) is 165 cm³/mol. The number of nitrogens with zero attached hydrogens (tertiary/aromatic N) is 1. The van der Waals surface area contributed by atoms with Gasteiger partial charge in [0.15, 0.2) is 0 Å². The zero-order chi connectivity index (χ0) is 28.1. The van der Waals surface area contributed by atoms with Crippen LogP contribution < -0.4 is 4.74 Å². The van der Waals surface area contributed by atoms with E-state index < -0.39 is 15.3 Å². The van der Waals surface area contributed by atoms with Crippen LogP contribution in [0.4, 0.5) is 0 Å². The van der Waals surface area contributed by atoms with Crippen LogP contribution in [0.15, 0.2) is 149 Å². The summed E-state index contributed by atoms with van der Waals surface area (Å²) >= 11 is 0. The van der Waals surface area contributed by atoms with Gasteiger partial charge in [0.2, 0.25) is 9.84 Å². The second kappa shape index (κ2) is 8.21. The summed E-state index contributed by atoms with van der Waals surface area (Å²) in [7, 11) is -3.92. The Morgan fingerprint density at radius 1 is 0.524 bits per heavy atom. The second-order valence-corrected chi connectivity index (χ2v) is 12.7. The first-order chi connectivity index (χ1) is 20.6. The van der Waals surface area contributed by atoms with Crippen LogP contribution in [-0.4, -0.2) is 13.0 Å². The lowest BCUT2D eigenvalue weighted by Gasteiger charge is -2.45. The first-order valence-corrected chi connectivity index (χ1v) is 15.4. The van der Waals surface area contributed by atoms with Crippen LogP contribution in [0.3, 0.4) is 0 Å². The topological polar surface area (TPSA) is 48.3 Å². The number of hydrogen-bond acceptors (Lipinski definition) is 3. The van der Waals surface area contributed by atoms with Gasteiger partial charge in [0.1, 0.15) is 11.5 Å². The van der Waals surface area contributed by atoms with Crippen LogP contribution in [0.5, 0.6) is 11.5 Å². The molecule has 0 unspecified atom stereocenters. The highest BCUT2D eigenvalue weighted by Crippen LogP contribution is 2.61. The summed E-state index contributed by atoms with van der Waals surface area (Å²) < 4.78 is 38.4. The number of rotatable bonds is 1. The van der Waals surface area contributed by atoms with Crippen LogP contribution in [0.25, 0.3) is 27.5 Å². The fourth-order valence-corrected chi connectivity index (χ4v) is 9.28. The van der Waals surface area contributed by atoms with E-state index in [1.807, 2.05) is 97.1 Å². The van der Waals surface area contributed by atoms with Gasteiger partial charge in [-0.25, -0.2) is 8.42 Å². The lowest BCUT2D eigenvalue weighted by atomic mass is 9.63. The molecule has 2 aliphatic heterocycles. The SMILES string of the molecule is O=S1(=O)c2ccccc2C2(c3ccccc3Oc3ccccc32)c2ccc3c(c21)c1ccccc1n3-c1ccccc1. The maximum Gasteiger partial charge on any atom is 0.207 e. The zero-order valence-corrected chi connectivity index (χ0v) is 23.2. The Hall–Kier alpha value is -5.13. The minimum Gasteiger partial charge on any atom is -0.457 e. The third kappa shape index (κ3) is 2.78. The molecule has 0 atom stereocenters. The van der Waals surface area contributed by atoms with Crippen molar-refractivity contribution in [2.45, 2.75) is 15.2 Å². The van der Waals surface area contributed by atoms with E-state index in [-0.39, 0.29) is 0 Å². The molecular weight excluding hydrogens is 538 g/mol. The van der Waals surface area contributed by atoms with Gasteiger partial charge in [-0.2, -0.15) is 0 Å². The number of aromatic nitrogens is 1. The van der Waals surface area contributed by atoms with Crippen molar-refractivity contribution in [3.8, 4) is 17.2 Å². The van der Waals surface area contributed by atoms with Crippen LogP contribution in [0, 0.1) is 0 Å². The quantitative estimate of drug-likeness (QED) is 0.202. The van der Waals surface area contributed by atoms with E-state index in [0.717, 1.165) is 61.2 Å². The molecular formula is C37H23NO3S. The van der Waals surface area contributed by atoms with Crippen molar-refractivity contribution in [3.05, 3.63) is 162 Å². The molecule has 0 bridgehead atoms. The van der Waals surface area contributed by atoms with Gasteiger partial charge < -0.3 is 9.30 Å². The lowest BCUT2D eigenvalue weighted by molar-refractivity contribution is 0.430. The van der Waals surface area contributed by atoms with Crippen LogP contribution in [0.1, 0.15) is 22.3 Å². The van der Waals surface area contributed by atoms with Crippen LogP contribution in [-0.2, 0) is 15.3 Å². The minimum absolute atomic E-state index is 0.327. The van der Waals surface area contributed by atoms with E-state index in [1.54, 1.807) is 6.07 Å². The Morgan fingerprint density at radius 3 is 1.86 bits per heavy atom. The molecule has 0 fully saturated rings. The maximum absolute atomic E-state index is 14.9. The summed E-state index contributed by atoms with van der Waals surface area (Å²) in [5, 5.41) is 1.64. The maximum atomic E-state index is 14.9. The normalized spacial score (nSPS) is 15.4. The second-order valence-electron chi connectivity index (χ2n) is 10.9. The minimum atomic E-state index is -3.92. The van der Waals surface area contributed by atoms with Gasteiger partial charge in [0.05, 0.1) is 26.2 Å². The Morgan fingerprint density at radius 2 is 1.12 bits per heavy atom. The fraction of sp³-hybridized carbons (Fsp3) is 0.0270. The van der Waals surface area contributed by atoms with Gasteiger partial charge in [-0.3, -0.25) is 0 Å². The van der Waals surface area contributed by atoms with Gasteiger partial charge in [0.25, 0.3) is 0 Å². The van der Waals surface area contributed by atoms with Crippen molar-refractivity contribution in [2.24, 2.45) is 0 Å². The van der Waals surface area contributed by atoms with Gasteiger partial charge in [-0.1, -0.05) is 97.1 Å². The smallest absolute Gasteiger partial charge is 0.207 e. The van der Waals surface area contributed by atoms with Crippen molar-refractivity contribution in [2.75, 3.05) is 0 Å². The molecule has 9 rings (SSSR count). The Balaban J connectivity index is 1.55. The number of benzene rings is 6. The fourth-order valence-electron chi connectivity index (χ4n) is 7.30. The van der Waals surface area contributed by atoms with Gasteiger partial charge in [0, 0.05) is 27.6 Å². The molecule has 3 heterocycles. The summed E-state index contributed by atoms with van der Waals surface area (Å²) in [4.78, 5) is 0.684. The van der Waals surface area contributed by atoms with E-state index >= 15 is 0 Å². The number of sulfone groups is 1. The van der Waals surface area contributed by atoms with E-state index in [9.17, 15) is 8.42 Å². The monoisotopic (exact) mass is 561 g/mol. The largest absolute Gasteiger partial charge is 0.457 e. The first-order valence-electron chi connectivity index (χ1n) is 14.0. The van der Waals surface area contributed by atoms with Crippen molar-refractivity contribution in [3.63, 3.8) is 0 Å². The third-order valence-electron chi connectivity index (χ3n) is 8.86. The van der Waals surface area contributed by atoms with E-state index in [0.29, 0.717) is 9.79 Å². The molecule has 1 spiro atoms. The molecule has 0 saturated carbocycles. The molecule has 2 aliphatic rings. The van der Waals surface area contributed by atoms with Crippen molar-refractivity contribution in [1.29, 1.82) is 0 Å². The van der Waals surface area contributed by atoms with Gasteiger partial charge >= 0.3 is 0 Å². The molecule has 0 radical (unpaired) electrons. The molecule has 0 saturated heterocycles. The summed E-state index contributed by atoms with van der Waals surface area (Å²) in [5.74, 6) is 1.45. The van der Waals surface area contributed by atoms with Gasteiger partial charge in [-0.05, 0) is 53.6 Å². The Bertz CT molecular complexity index is 2310. The van der Waals surface area contributed by atoms with Crippen LogP contribution in [0.2, 0.25) is 0 Å². The number of para-hydroxylation sites is 4. The summed E-state index contributed by atoms with van der Waals surface area (Å²) in [6.07, 6.45) is 0. The average molecular weight is 562 g/mol. The summed E-state index contributed by atoms with van der Waals surface area (Å²) in [6.45, 7) is 0. The van der Waals surface area contributed by atoms with Crippen molar-refractivity contribution in [1.82, 2.24) is 4.57 Å². The molecule has 200 valence electrons. The number of hydrogen-bond donors (Lipinski definition) is 0. The molecule has 6 aromatic carbocycles. The van der Waals surface area contributed by atoms with Crippen molar-refractivity contribution >= 4 is 31.6 Å². The molecule has 0 amide bonds. The molecule has 0 N–H and O–H groups in total. The molecule has 1 aromatic heterocycles. The standard InChI is InChI=1S/C37H23NO3S/c39-42(40)34-21-11-7-17-28(34)37(26-15-5-9-19-32(26)41-33-20-10-6-16-27(33)37)29-22-23-31-35(36(29)42)25-14-4-8-18-30(25)38(31)24-12-2-1-3-13-24/h1-23H. The Labute approximate surface area is 243 Å². The zero-order valence-electron chi connectivity index (χ0n) is 22.4. The summed E-state index contributed by atoms with van der Waals surface area (Å²) in [5.41, 5.74) is 5.24. The van der Waals surface area contributed by atoms with Crippen molar-refractivity contribution < 1.29 is 13.2 Å². The van der Waals surface area contributed by atoms with Gasteiger partial charge in [-0.15, -0.1) is 0 Å².